The number of hydrogen-bond donors (Lipinski definition) is 1. The summed E-state index contributed by atoms with van der Waals surface area (Å²) in [7, 11) is 0. The molecule has 0 saturated heterocycles. The number of fused-ring (bicyclic) bond motifs is 3. The highest BCUT2D eigenvalue weighted by Crippen LogP contribution is 2.43. The molecule has 1 atom stereocenters. The van der Waals surface area contributed by atoms with Crippen LogP contribution in [0, 0.1) is 0 Å². The molecule has 1 aromatic rings. The van der Waals surface area contributed by atoms with Crippen LogP contribution >= 0.6 is 15.9 Å². The van der Waals surface area contributed by atoms with Gasteiger partial charge >= 0.3 is 0 Å². The molecule has 70 valence electrons. The summed E-state index contributed by atoms with van der Waals surface area (Å²) in [6, 6.07) is 6.43. The van der Waals surface area contributed by atoms with Gasteiger partial charge in [-0.1, -0.05) is 28.1 Å². The molecule has 0 amide bonds. The second kappa shape index (κ2) is 2.99. The average Bonchev–Trinajstić information content (AvgIpc) is 2.56. The molecule has 1 aromatic carbocycles. The number of benzene rings is 1. The Morgan fingerprint density at radius 3 is 3.21 bits per heavy atom. The first-order valence-corrected chi connectivity index (χ1v) is 5.57. The quantitative estimate of drug-likeness (QED) is 0.736. The second-order valence-electron chi connectivity index (χ2n) is 3.70. The smallest absolute Gasteiger partial charge is 0.0422 e. The number of anilines is 1. The standard InChI is InChI=1S/C12H10BrN/c13-8-5-6-12-10(7-8)9-3-1-2-4-11(9)14-12/h1-2,4-7,9,14H,3H2. The molecular formula is C12H10BrN. The Labute approximate surface area is 91.6 Å². The fourth-order valence-corrected chi connectivity index (χ4v) is 2.52. The Kier molecular flexibility index (Phi) is 1.77. The van der Waals surface area contributed by atoms with Gasteiger partial charge in [0.15, 0.2) is 0 Å². The molecule has 14 heavy (non-hydrogen) atoms. The molecule has 0 bridgehead atoms. The zero-order valence-corrected chi connectivity index (χ0v) is 9.21. The summed E-state index contributed by atoms with van der Waals surface area (Å²) in [6.07, 6.45) is 7.63. The van der Waals surface area contributed by atoms with E-state index in [9.17, 15) is 0 Å². The van der Waals surface area contributed by atoms with Crippen LogP contribution in [0.15, 0.2) is 46.6 Å². The van der Waals surface area contributed by atoms with E-state index in [1.54, 1.807) is 0 Å². The van der Waals surface area contributed by atoms with E-state index in [1.807, 2.05) is 0 Å². The van der Waals surface area contributed by atoms with Crippen molar-refractivity contribution in [1.82, 2.24) is 0 Å². The van der Waals surface area contributed by atoms with E-state index in [1.165, 1.54) is 16.9 Å². The molecule has 1 aliphatic carbocycles. The minimum Gasteiger partial charge on any atom is -0.358 e. The lowest BCUT2D eigenvalue weighted by Gasteiger charge is -2.12. The van der Waals surface area contributed by atoms with Crippen molar-refractivity contribution in [2.75, 3.05) is 5.32 Å². The molecule has 0 aromatic heterocycles. The van der Waals surface area contributed by atoms with Crippen LogP contribution in [-0.2, 0) is 0 Å². The van der Waals surface area contributed by atoms with Gasteiger partial charge < -0.3 is 5.32 Å². The number of rotatable bonds is 0. The van der Waals surface area contributed by atoms with Gasteiger partial charge in [0.1, 0.15) is 0 Å². The highest BCUT2D eigenvalue weighted by Gasteiger charge is 2.26. The molecule has 1 unspecified atom stereocenters. The van der Waals surface area contributed by atoms with Crippen LogP contribution < -0.4 is 5.32 Å². The zero-order valence-electron chi connectivity index (χ0n) is 7.63. The molecule has 3 rings (SSSR count). The molecule has 1 heterocycles. The van der Waals surface area contributed by atoms with E-state index in [0.29, 0.717) is 5.92 Å². The maximum Gasteiger partial charge on any atom is 0.0422 e. The van der Waals surface area contributed by atoms with Gasteiger partial charge in [0.25, 0.3) is 0 Å². The van der Waals surface area contributed by atoms with Gasteiger partial charge in [-0.2, -0.15) is 0 Å². The van der Waals surface area contributed by atoms with Crippen molar-refractivity contribution < 1.29 is 0 Å². The van der Waals surface area contributed by atoms with Crippen LogP contribution in [-0.4, -0.2) is 0 Å². The Hall–Kier alpha value is -1.02. The molecule has 1 aliphatic heterocycles. The third-order valence-electron chi connectivity index (χ3n) is 2.83. The summed E-state index contributed by atoms with van der Waals surface area (Å²) in [5.41, 5.74) is 4.00. The molecular weight excluding hydrogens is 238 g/mol. The van der Waals surface area contributed by atoms with E-state index in [2.05, 4.69) is 57.7 Å². The molecule has 0 spiro atoms. The fourth-order valence-electron chi connectivity index (χ4n) is 2.14. The topological polar surface area (TPSA) is 12.0 Å². The van der Waals surface area contributed by atoms with Gasteiger partial charge in [-0.15, -0.1) is 0 Å². The summed E-state index contributed by atoms with van der Waals surface area (Å²) in [6.45, 7) is 0. The van der Waals surface area contributed by atoms with Gasteiger partial charge in [-0.3, -0.25) is 0 Å². The maximum absolute atomic E-state index is 3.52. The van der Waals surface area contributed by atoms with E-state index < -0.39 is 0 Å². The van der Waals surface area contributed by atoms with Crippen LogP contribution in [0.4, 0.5) is 5.69 Å². The second-order valence-corrected chi connectivity index (χ2v) is 4.61. The predicted molar refractivity (Wildman–Crippen MR) is 62.3 cm³/mol. The molecule has 0 fully saturated rings. The SMILES string of the molecule is Brc1ccc2c(c1)C1CC=CC=C1N2. The maximum atomic E-state index is 3.52. The normalized spacial score (nSPS) is 22.4. The van der Waals surface area contributed by atoms with E-state index >= 15 is 0 Å². The summed E-state index contributed by atoms with van der Waals surface area (Å²) >= 11 is 3.52. The van der Waals surface area contributed by atoms with Crippen LogP contribution in [0.1, 0.15) is 17.9 Å². The van der Waals surface area contributed by atoms with Gasteiger partial charge in [-0.25, -0.2) is 0 Å². The number of halogens is 1. The van der Waals surface area contributed by atoms with Crippen molar-refractivity contribution in [2.24, 2.45) is 0 Å². The zero-order chi connectivity index (χ0) is 9.54. The van der Waals surface area contributed by atoms with E-state index in [4.69, 9.17) is 0 Å². The van der Waals surface area contributed by atoms with Crippen molar-refractivity contribution in [1.29, 1.82) is 0 Å². The minimum absolute atomic E-state index is 0.549. The van der Waals surface area contributed by atoms with Crippen LogP contribution in [0.3, 0.4) is 0 Å². The molecule has 0 saturated carbocycles. The number of nitrogens with one attached hydrogen (secondary N) is 1. The largest absolute Gasteiger partial charge is 0.358 e. The van der Waals surface area contributed by atoms with Crippen molar-refractivity contribution in [3.8, 4) is 0 Å². The van der Waals surface area contributed by atoms with Gasteiger partial charge in [0.2, 0.25) is 0 Å². The molecule has 2 aliphatic rings. The summed E-state index contributed by atoms with van der Waals surface area (Å²) in [5.74, 6) is 0.549. The first kappa shape index (κ1) is 8.30. The van der Waals surface area contributed by atoms with Crippen LogP contribution in [0.25, 0.3) is 0 Å². The number of allylic oxidation sites excluding steroid dienone is 4. The molecule has 0 radical (unpaired) electrons. The Balaban J connectivity index is 2.13. The van der Waals surface area contributed by atoms with Gasteiger partial charge in [0.05, 0.1) is 0 Å². The molecule has 2 heteroatoms. The Morgan fingerprint density at radius 1 is 1.36 bits per heavy atom. The highest BCUT2D eigenvalue weighted by atomic mass is 79.9. The first-order chi connectivity index (χ1) is 6.84. The Bertz CT molecular complexity index is 446. The van der Waals surface area contributed by atoms with Gasteiger partial charge in [0, 0.05) is 21.8 Å². The van der Waals surface area contributed by atoms with E-state index in [0.717, 1.165) is 10.9 Å². The highest BCUT2D eigenvalue weighted by molar-refractivity contribution is 9.10. The third kappa shape index (κ3) is 1.14. The lowest BCUT2D eigenvalue weighted by Crippen LogP contribution is -2.01. The lowest BCUT2D eigenvalue weighted by molar-refractivity contribution is 0.835. The van der Waals surface area contributed by atoms with Crippen molar-refractivity contribution in [2.45, 2.75) is 12.3 Å². The summed E-state index contributed by atoms with van der Waals surface area (Å²) < 4.78 is 1.16. The first-order valence-electron chi connectivity index (χ1n) is 4.78. The molecule has 1 N–H and O–H groups in total. The molecule has 1 nitrogen and oxygen atoms in total. The van der Waals surface area contributed by atoms with Gasteiger partial charge in [-0.05, 0) is 36.3 Å². The van der Waals surface area contributed by atoms with Crippen molar-refractivity contribution >= 4 is 21.6 Å². The van der Waals surface area contributed by atoms with Crippen LogP contribution in [0.2, 0.25) is 0 Å². The average molecular weight is 248 g/mol. The predicted octanol–water partition coefficient (Wildman–Crippen LogP) is 3.80. The monoisotopic (exact) mass is 247 g/mol. The number of hydrogen-bond acceptors (Lipinski definition) is 1. The van der Waals surface area contributed by atoms with E-state index in [-0.39, 0.29) is 0 Å². The van der Waals surface area contributed by atoms with Crippen molar-refractivity contribution in [3.05, 3.63) is 52.2 Å². The minimum atomic E-state index is 0.549. The summed E-state index contributed by atoms with van der Waals surface area (Å²) in [5, 5.41) is 3.45. The fraction of sp³-hybridized carbons (Fsp3) is 0.167. The summed E-state index contributed by atoms with van der Waals surface area (Å²) in [4.78, 5) is 0. The van der Waals surface area contributed by atoms with Crippen LogP contribution in [0.5, 0.6) is 0 Å². The third-order valence-corrected chi connectivity index (χ3v) is 3.32. The Morgan fingerprint density at radius 2 is 2.29 bits per heavy atom. The van der Waals surface area contributed by atoms with Crippen molar-refractivity contribution in [3.63, 3.8) is 0 Å². The lowest BCUT2D eigenvalue weighted by atomic mass is 9.92.